The number of carbonyl (C=O) groups is 7. The lowest BCUT2D eigenvalue weighted by Gasteiger charge is -2.21. The zero-order valence-electron chi connectivity index (χ0n) is 84.6. The summed E-state index contributed by atoms with van der Waals surface area (Å²) in [6, 6.07) is 16.2. The molecule has 0 aromatic heterocycles. The van der Waals surface area contributed by atoms with Gasteiger partial charge in [0, 0.05) is 72.0 Å². The molecule has 0 fully saturated rings. The molecule has 2 aromatic carbocycles. The molecule has 0 radical (unpaired) electrons. The number of allylic oxidation sites excluding steroid dienone is 8. The molecule has 774 valence electrons. The highest BCUT2D eigenvalue weighted by atomic mass is 31.2. The number of hydrogen-bond donors (Lipinski definition) is 4. The quantitative estimate of drug-likeness (QED) is 0.0157. The lowest BCUT2D eigenvalue weighted by atomic mass is 9.98. The smallest absolute Gasteiger partial charge is 0.462 e. The van der Waals surface area contributed by atoms with Crippen molar-refractivity contribution in [1.29, 1.82) is 0 Å². The van der Waals surface area contributed by atoms with Crippen molar-refractivity contribution in [2.45, 2.75) is 405 Å². The molecule has 1 aliphatic carbocycles. The molecule has 1 aliphatic rings. The van der Waals surface area contributed by atoms with Gasteiger partial charge >= 0.3 is 45.6 Å². The highest BCUT2D eigenvalue weighted by Gasteiger charge is 2.32. The number of carbonyl (C=O) groups excluding carboxylic acids is 7. The van der Waals surface area contributed by atoms with Gasteiger partial charge in [-0.15, -0.1) is 0 Å². The number of amides is 3. The summed E-state index contributed by atoms with van der Waals surface area (Å²) < 4.78 is 96.6. The first-order valence-electron chi connectivity index (χ1n) is 52.7. The third-order valence-corrected chi connectivity index (χ3v) is 26.1. The number of phosphoric acid groups is 2. The molecule has 28 heteroatoms. The first-order valence-corrected chi connectivity index (χ1v) is 55.6. The van der Waals surface area contributed by atoms with Crippen LogP contribution in [0.5, 0.6) is 0 Å². The highest BCUT2D eigenvalue weighted by Crippen LogP contribution is 2.50. The van der Waals surface area contributed by atoms with Crippen molar-refractivity contribution in [2.75, 3.05) is 113 Å². The third-order valence-electron chi connectivity index (χ3n) is 23.2. The topological polar surface area (TPSA) is 336 Å². The van der Waals surface area contributed by atoms with E-state index in [0.29, 0.717) is 32.2 Å². The zero-order valence-corrected chi connectivity index (χ0v) is 86.4. The monoisotopic (exact) mass is 1940 g/mol. The Kier molecular flexibility index (Phi) is 83.3. The number of ether oxygens (including phenoxy) is 7. The van der Waals surface area contributed by atoms with Crippen LogP contribution in [0.1, 0.15) is 404 Å². The van der Waals surface area contributed by atoms with Gasteiger partial charge in [0.05, 0.1) is 39.6 Å². The van der Waals surface area contributed by atoms with Gasteiger partial charge in [-0.1, -0.05) is 330 Å². The summed E-state index contributed by atoms with van der Waals surface area (Å²) in [6.07, 6.45) is 76.8. The van der Waals surface area contributed by atoms with Crippen LogP contribution in [0.3, 0.4) is 0 Å². The Labute approximate surface area is 815 Å². The van der Waals surface area contributed by atoms with Gasteiger partial charge in [-0.2, -0.15) is 0 Å². The van der Waals surface area contributed by atoms with Crippen molar-refractivity contribution in [1.82, 2.24) is 16.0 Å². The fourth-order valence-electron chi connectivity index (χ4n) is 15.3. The molecule has 4 unspecified atom stereocenters. The molecule has 0 saturated carbocycles. The Balaban J connectivity index is 0.000000945. The molecule has 135 heavy (non-hydrogen) atoms. The summed E-state index contributed by atoms with van der Waals surface area (Å²) in [6.45, 7) is 7.77. The maximum Gasteiger partial charge on any atom is 0.474 e. The lowest BCUT2D eigenvalue weighted by molar-refractivity contribution is -0.161. The molecule has 0 aliphatic heterocycles. The molecule has 0 saturated heterocycles. The van der Waals surface area contributed by atoms with Gasteiger partial charge in [0.1, 0.15) is 33.0 Å². The summed E-state index contributed by atoms with van der Waals surface area (Å²) in [7, 11) is -5.91. The highest BCUT2D eigenvalue weighted by molar-refractivity contribution is 7.48. The normalized spacial score (nSPS) is 13.3. The summed E-state index contributed by atoms with van der Waals surface area (Å²) in [5.74, 6) is -2.61. The van der Waals surface area contributed by atoms with Gasteiger partial charge < -0.3 is 54.8 Å². The second-order valence-electron chi connectivity index (χ2n) is 35.3. The van der Waals surface area contributed by atoms with Gasteiger partial charge in [-0.25, -0.2) is 13.9 Å². The summed E-state index contributed by atoms with van der Waals surface area (Å²) >= 11 is 0. The van der Waals surface area contributed by atoms with Crippen LogP contribution in [-0.2, 0) is 98.2 Å². The van der Waals surface area contributed by atoms with E-state index >= 15 is 0 Å². The number of benzene rings is 2. The van der Waals surface area contributed by atoms with Gasteiger partial charge in [0.2, 0.25) is 11.8 Å². The van der Waals surface area contributed by atoms with Crippen LogP contribution in [0.2, 0.25) is 0 Å². The number of nitrogens with two attached hydrogens (primary N) is 1. The summed E-state index contributed by atoms with van der Waals surface area (Å²) in [4.78, 5) is 87.8. The minimum atomic E-state index is -4.17. The Hall–Kier alpha value is -6.41. The molecular weight excluding hydrogens is 1760 g/mol. The number of unbranched alkanes of at least 4 members (excludes halogenated alkanes) is 44. The molecule has 5 N–H and O–H groups in total. The van der Waals surface area contributed by atoms with E-state index in [-0.39, 0.29) is 123 Å². The van der Waals surface area contributed by atoms with Crippen LogP contribution < -0.4 is 21.7 Å². The predicted molar refractivity (Wildman–Crippen MR) is 542 cm³/mol. The molecular formula is C107H184N4O22P2. The van der Waals surface area contributed by atoms with E-state index in [1.165, 1.54) is 174 Å². The Morgan fingerprint density at radius 1 is 0.333 bits per heavy atom. The number of hydrogen-bond acceptors (Lipinski definition) is 23. The van der Waals surface area contributed by atoms with E-state index in [1.807, 2.05) is 24.3 Å². The Morgan fingerprint density at radius 3 is 0.926 bits per heavy atom. The van der Waals surface area contributed by atoms with Gasteiger partial charge in [0.15, 0.2) is 12.2 Å². The minimum Gasteiger partial charge on any atom is -0.462 e. The Bertz CT molecular complexity index is 3440. The van der Waals surface area contributed by atoms with Crippen molar-refractivity contribution in [2.24, 2.45) is 5.73 Å². The second-order valence-corrected chi connectivity index (χ2v) is 38.8. The van der Waals surface area contributed by atoms with Crippen molar-refractivity contribution in [3.8, 4) is 11.1 Å². The number of nitrogens with one attached hydrogen (secondary N) is 3. The van der Waals surface area contributed by atoms with Crippen LogP contribution in [0.15, 0.2) is 97.1 Å². The van der Waals surface area contributed by atoms with E-state index in [2.05, 4.69) is 117 Å². The number of fused-ring (bicyclic) bond motifs is 3. The number of rotatable bonds is 93. The molecule has 0 spiro atoms. The van der Waals surface area contributed by atoms with E-state index in [9.17, 15) is 42.7 Å². The molecule has 3 amide bonds. The molecule has 0 bridgehead atoms. The number of alkyl carbamates (subject to hydrolysis) is 1. The molecule has 26 nitrogen and oxygen atoms in total. The molecule has 4 atom stereocenters. The molecule has 2 aromatic rings. The van der Waals surface area contributed by atoms with E-state index in [4.69, 9.17) is 66.0 Å². The SMILES string of the molecule is CCCCCCCC/C=C\CCCCCCCC(=O)OCC(COP(=O)(OC)OCCNC(=O)COCCN)OC(=O)CCCCCCC/C=C\CCCCCCCC.CCCCCCCC/C=C\CCCCCCCC(=O)OCC(COP(=O)(OC)OCCNC(=O)COCCNC(=O)OCC1c2ccccc2-c2ccccc21)OC(=O)CCCCCCC/C=C\CCCCCCCC. The van der Waals surface area contributed by atoms with Gasteiger partial charge in [0.25, 0.3) is 0 Å². The van der Waals surface area contributed by atoms with Crippen LogP contribution in [0.25, 0.3) is 11.1 Å². The maximum atomic E-state index is 13.4. The number of phosphoric ester groups is 2. The summed E-state index contributed by atoms with van der Waals surface area (Å²) in [5, 5.41) is 7.83. The standard InChI is InChI=1S/C61H97N2O12P.C46H87N2O10P/c1-4-6-8-10-12-14-16-18-20-22-24-26-28-30-32-42-59(65)71-48-52(75-60(66)43-33-31-29-27-25-23-21-19-17-15-13-11-9-7-5-2)49-74-76(68,69-3)73-47-45-62-58(64)51-70-46-44-63-61(67)72-50-57-55-40-36-34-38-53(55)54-39-35-37-41-56(54)57;1-4-6-8-10-12-14-16-18-20-22-24-26-28-30-32-34-45(50)55-40-43(41-57-59(52,53-3)56-39-37-48-44(49)42-54-38-36-47)58-46(51)35-33-31-29-27-25-23-21-19-17-15-13-11-9-7-5-2/h18-21,34-41,52,57H,4-17,22-33,42-51H2,1-3H3,(H,62,64)(H,63,67);18-21,43H,4-17,22-42,47H2,1-3H3,(H,48,49)/b2*20-18-,21-19-. The zero-order chi connectivity index (χ0) is 97.9. The van der Waals surface area contributed by atoms with Crippen molar-refractivity contribution >= 4 is 57.4 Å². The lowest BCUT2D eigenvalue weighted by Crippen LogP contribution is -2.33. The van der Waals surface area contributed by atoms with Crippen molar-refractivity contribution < 1.29 is 103 Å². The third kappa shape index (κ3) is 73.4. The van der Waals surface area contributed by atoms with Crippen LogP contribution in [0.4, 0.5) is 4.79 Å². The average Bonchev–Trinajstić information content (AvgIpc) is 1.61. The first-order chi connectivity index (χ1) is 66.0. The fourth-order valence-corrected chi connectivity index (χ4v) is 17.2. The summed E-state index contributed by atoms with van der Waals surface area (Å²) in [5.41, 5.74) is 9.87. The number of esters is 4. The van der Waals surface area contributed by atoms with Gasteiger partial charge in [-0.05, 0) is 151 Å². The minimum absolute atomic E-state index is 0.0316. The second kappa shape index (κ2) is 90.2. The van der Waals surface area contributed by atoms with Crippen molar-refractivity contribution in [3.63, 3.8) is 0 Å². The van der Waals surface area contributed by atoms with E-state index in [1.54, 1.807) is 0 Å². The first kappa shape index (κ1) is 125. The molecule has 0 heterocycles. The van der Waals surface area contributed by atoms with E-state index < -0.39 is 70.3 Å². The average molecular weight is 1940 g/mol. The Morgan fingerprint density at radius 2 is 0.615 bits per heavy atom. The van der Waals surface area contributed by atoms with Crippen molar-refractivity contribution in [3.05, 3.63) is 108 Å². The van der Waals surface area contributed by atoms with Crippen LogP contribution >= 0.6 is 15.6 Å². The van der Waals surface area contributed by atoms with Crippen LogP contribution in [0, 0.1) is 0 Å². The van der Waals surface area contributed by atoms with Gasteiger partial charge in [-0.3, -0.25) is 55.9 Å². The maximum absolute atomic E-state index is 13.4. The fraction of sp³-hybridized carbons (Fsp3) is 0.748. The van der Waals surface area contributed by atoms with Crippen LogP contribution in [-0.4, -0.2) is 167 Å². The van der Waals surface area contributed by atoms with E-state index in [0.717, 1.165) is 171 Å². The predicted octanol–water partition coefficient (Wildman–Crippen LogP) is 26.4. The largest absolute Gasteiger partial charge is 0.474 e. The molecule has 3 rings (SSSR count).